The molecule has 0 spiro atoms. The van der Waals surface area contributed by atoms with E-state index in [9.17, 15) is 0 Å². The number of hydrogen-bond donors (Lipinski definition) is 1. The Labute approximate surface area is 63.0 Å². The summed E-state index contributed by atoms with van der Waals surface area (Å²) < 4.78 is 5.26. The summed E-state index contributed by atoms with van der Waals surface area (Å²) in [5.41, 5.74) is 0. The van der Waals surface area contributed by atoms with Gasteiger partial charge in [0.05, 0.1) is 6.10 Å². The summed E-state index contributed by atoms with van der Waals surface area (Å²) in [5, 5.41) is 3.20. The molecular weight excluding hydrogens is 126 g/mol. The van der Waals surface area contributed by atoms with Crippen molar-refractivity contribution in [1.82, 2.24) is 5.32 Å². The summed E-state index contributed by atoms with van der Waals surface area (Å²) in [6.07, 6.45) is 4.37. The molecule has 2 heteroatoms. The molecule has 1 rings (SSSR count). The summed E-state index contributed by atoms with van der Waals surface area (Å²) in [6, 6.07) is 0. The van der Waals surface area contributed by atoms with Gasteiger partial charge in [0.1, 0.15) is 0 Å². The maximum Gasteiger partial charge on any atom is 0.0574 e. The molecule has 1 aliphatic carbocycles. The van der Waals surface area contributed by atoms with Crippen molar-refractivity contribution in [3.8, 4) is 0 Å². The van der Waals surface area contributed by atoms with Crippen LogP contribution in [0.15, 0.2) is 0 Å². The van der Waals surface area contributed by atoms with Crippen LogP contribution in [0.1, 0.15) is 19.3 Å². The van der Waals surface area contributed by atoms with Crippen molar-refractivity contribution in [2.24, 2.45) is 5.92 Å². The van der Waals surface area contributed by atoms with Crippen molar-refractivity contribution >= 4 is 0 Å². The van der Waals surface area contributed by atoms with Crippen molar-refractivity contribution < 1.29 is 4.74 Å². The minimum Gasteiger partial charge on any atom is -0.381 e. The molecule has 0 aromatic heterocycles. The third-order valence-electron chi connectivity index (χ3n) is 2.32. The fourth-order valence-corrected chi connectivity index (χ4v) is 1.72. The molecule has 1 saturated carbocycles. The highest BCUT2D eigenvalue weighted by molar-refractivity contribution is 4.76. The minimum atomic E-state index is 0.540. The molecule has 2 nitrogen and oxygen atoms in total. The van der Waals surface area contributed by atoms with Crippen LogP contribution in [0.3, 0.4) is 0 Å². The topological polar surface area (TPSA) is 21.3 Å². The quantitative estimate of drug-likeness (QED) is 0.637. The van der Waals surface area contributed by atoms with E-state index >= 15 is 0 Å². The van der Waals surface area contributed by atoms with Gasteiger partial charge >= 0.3 is 0 Å². The zero-order chi connectivity index (χ0) is 7.40. The molecule has 0 aromatic carbocycles. The molecule has 0 aromatic rings. The molecule has 0 heterocycles. The van der Waals surface area contributed by atoms with Crippen molar-refractivity contribution in [1.29, 1.82) is 0 Å². The van der Waals surface area contributed by atoms with Crippen LogP contribution < -0.4 is 5.32 Å². The Hall–Kier alpha value is -0.0800. The molecule has 0 bridgehead atoms. The van der Waals surface area contributed by atoms with Crippen molar-refractivity contribution in [3.05, 3.63) is 0 Å². The standard InChI is InChI=1S/C8H17NO/c1-9-6-7-3-4-8(5-7)10-2/h7-9H,3-6H2,1-2H3. The third kappa shape index (κ3) is 1.96. The molecule has 0 amide bonds. The van der Waals surface area contributed by atoms with E-state index < -0.39 is 0 Å². The van der Waals surface area contributed by atoms with E-state index in [-0.39, 0.29) is 0 Å². The molecule has 0 saturated heterocycles. The lowest BCUT2D eigenvalue weighted by molar-refractivity contribution is 0.105. The Morgan fingerprint density at radius 1 is 1.50 bits per heavy atom. The second kappa shape index (κ2) is 3.94. The zero-order valence-corrected chi connectivity index (χ0v) is 6.89. The van der Waals surface area contributed by atoms with E-state index in [2.05, 4.69) is 5.32 Å². The highest BCUT2D eigenvalue weighted by Gasteiger charge is 2.23. The molecule has 1 fully saturated rings. The van der Waals surface area contributed by atoms with Gasteiger partial charge < -0.3 is 10.1 Å². The summed E-state index contributed by atoms with van der Waals surface area (Å²) in [6.45, 7) is 1.15. The van der Waals surface area contributed by atoms with Gasteiger partial charge in [0.15, 0.2) is 0 Å². The van der Waals surface area contributed by atoms with Crippen LogP contribution in [0.4, 0.5) is 0 Å². The van der Waals surface area contributed by atoms with Crippen molar-refractivity contribution in [2.75, 3.05) is 20.7 Å². The molecular formula is C8H17NO. The first-order chi connectivity index (χ1) is 4.86. The second-order valence-electron chi connectivity index (χ2n) is 3.09. The highest BCUT2D eigenvalue weighted by Crippen LogP contribution is 2.26. The number of methoxy groups -OCH3 is 1. The van der Waals surface area contributed by atoms with Crippen LogP contribution in [0, 0.1) is 5.92 Å². The van der Waals surface area contributed by atoms with E-state index in [0.717, 1.165) is 12.5 Å². The SMILES string of the molecule is CNCC1CCC(OC)C1. The third-order valence-corrected chi connectivity index (χ3v) is 2.32. The maximum atomic E-state index is 5.26. The normalized spacial score (nSPS) is 33.0. The molecule has 0 aliphatic heterocycles. The fraction of sp³-hybridized carbons (Fsp3) is 1.00. The first-order valence-corrected chi connectivity index (χ1v) is 4.04. The van der Waals surface area contributed by atoms with Crippen LogP contribution in [0.25, 0.3) is 0 Å². The van der Waals surface area contributed by atoms with Gasteiger partial charge in [-0.25, -0.2) is 0 Å². The lowest BCUT2D eigenvalue weighted by Crippen LogP contribution is -2.17. The van der Waals surface area contributed by atoms with Gasteiger partial charge in [0, 0.05) is 7.11 Å². The Morgan fingerprint density at radius 3 is 2.80 bits per heavy atom. The number of ether oxygens (including phenoxy) is 1. The summed E-state index contributed by atoms with van der Waals surface area (Å²) >= 11 is 0. The van der Waals surface area contributed by atoms with Gasteiger partial charge in [-0.1, -0.05) is 0 Å². The van der Waals surface area contributed by atoms with E-state index in [1.165, 1.54) is 19.3 Å². The molecule has 2 atom stereocenters. The molecule has 1 aliphatic rings. The van der Waals surface area contributed by atoms with Crippen molar-refractivity contribution in [2.45, 2.75) is 25.4 Å². The predicted molar refractivity (Wildman–Crippen MR) is 42.1 cm³/mol. The van der Waals surface area contributed by atoms with Gasteiger partial charge in [-0.15, -0.1) is 0 Å². The Morgan fingerprint density at radius 2 is 2.30 bits per heavy atom. The van der Waals surface area contributed by atoms with Gasteiger partial charge in [-0.2, -0.15) is 0 Å². The Balaban J connectivity index is 2.15. The minimum absolute atomic E-state index is 0.540. The second-order valence-corrected chi connectivity index (χ2v) is 3.09. The largest absolute Gasteiger partial charge is 0.381 e. The van der Waals surface area contributed by atoms with E-state index in [1.54, 1.807) is 0 Å². The Kier molecular flexibility index (Phi) is 3.16. The van der Waals surface area contributed by atoms with E-state index in [0.29, 0.717) is 6.10 Å². The van der Waals surface area contributed by atoms with Crippen LogP contribution in [0.5, 0.6) is 0 Å². The molecule has 60 valence electrons. The Bertz CT molecular complexity index is 95.3. The lowest BCUT2D eigenvalue weighted by atomic mass is 10.1. The van der Waals surface area contributed by atoms with Gasteiger partial charge in [-0.05, 0) is 38.8 Å². The molecule has 0 radical (unpaired) electrons. The smallest absolute Gasteiger partial charge is 0.0574 e. The number of rotatable bonds is 3. The average molecular weight is 143 g/mol. The molecule has 2 unspecified atom stereocenters. The van der Waals surface area contributed by atoms with Crippen LogP contribution in [0.2, 0.25) is 0 Å². The van der Waals surface area contributed by atoms with Crippen LogP contribution in [-0.4, -0.2) is 26.8 Å². The molecule has 10 heavy (non-hydrogen) atoms. The van der Waals surface area contributed by atoms with E-state index in [1.807, 2.05) is 14.2 Å². The zero-order valence-electron chi connectivity index (χ0n) is 6.89. The summed E-state index contributed by atoms with van der Waals surface area (Å²) in [4.78, 5) is 0. The summed E-state index contributed by atoms with van der Waals surface area (Å²) in [7, 11) is 3.83. The van der Waals surface area contributed by atoms with Gasteiger partial charge in [0.2, 0.25) is 0 Å². The molecule has 1 N–H and O–H groups in total. The van der Waals surface area contributed by atoms with Gasteiger partial charge in [-0.3, -0.25) is 0 Å². The van der Waals surface area contributed by atoms with Crippen molar-refractivity contribution in [3.63, 3.8) is 0 Å². The summed E-state index contributed by atoms with van der Waals surface area (Å²) in [5.74, 6) is 0.856. The number of hydrogen-bond acceptors (Lipinski definition) is 2. The van der Waals surface area contributed by atoms with Crippen LogP contribution in [-0.2, 0) is 4.74 Å². The lowest BCUT2D eigenvalue weighted by Gasteiger charge is -2.08. The fourth-order valence-electron chi connectivity index (χ4n) is 1.72. The van der Waals surface area contributed by atoms with Gasteiger partial charge in [0.25, 0.3) is 0 Å². The average Bonchev–Trinajstić information content (AvgIpc) is 2.37. The number of nitrogens with one attached hydrogen (secondary N) is 1. The monoisotopic (exact) mass is 143 g/mol. The van der Waals surface area contributed by atoms with E-state index in [4.69, 9.17) is 4.74 Å². The predicted octanol–water partition coefficient (Wildman–Crippen LogP) is 1.02. The highest BCUT2D eigenvalue weighted by atomic mass is 16.5. The van der Waals surface area contributed by atoms with Crippen LogP contribution >= 0.6 is 0 Å². The first kappa shape index (κ1) is 8.02. The first-order valence-electron chi connectivity index (χ1n) is 4.04. The maximum absolute atomic E-state index is 5.26.